The summed E-state index contributed by atoms with van der Waals surface area (Å²) in [4.78, 5) is 16.1. The van der Waals surface area contributed by atoms with Gasteiger partial charge >= 0.3 is 5.97 Å². The number of hydrogen-bond donors (Lipinski definition) is 1. The van der Waals surface area contributed by atoms with E-state index < -0.39 is 0 Å². The SMILES string of the molecule is COC(=O)CCCCCO/N=C(\N)c1ccccc1OC. The molecule has 116 valence electrons. The van der Waals surface area contributed by atoms with Crippen LogP contribution in [-0.2, 0) is 14.4 Å². The highest BCUT2D eigenvalue weighted by Gasteiger charge is 2.06. The van der Waals surface area contributed by atoms with Crippen LogP contribution in [0.5, 0.6) is 5.75 Å². The molecule has 6 nitrogen and oxygen atoms in total. The fourth-order valence-corrected chi connectivity index (χ4v) is 1.74. The molecule has 0 amide bonds. The van der Waals surface area contributed by atoms with Crippen molar-refractivity contribution in [3.8, 4) is 5.75 Å². The quantitative estimate of drug-likeness (QED) is 0.248. The summed E-state index contributed by atoms with van der Waals surface area (Å²) >= 11 is 0. The van der Waals surface area contributed by atoms with E-state index in [-0.39, 0.29) is 11.8 Å². The zero-order valence-corrected chi connectivity index (χ0v) is 12.5. The first kappa shape index (κ1) is 16.8. The van der Waals surface area contributed by atoms with Gasteiger partial charge in [-0.05, 0) is 31.4 Å². The average Bonchev–Trinajstić information content (AvgIpc) is 2.53. The number of methoxy groups -OCH3 is 2. The maximum Gasteiger partial charge on any atom is 0.305 e. The molecule has 0 aliphatic carbocycles. The standard InChI is InChI=1S/C15H22N2O4/c1-19-13-9-6-5-8-12(13)15(16)17-21-11-7-3-4-10-14(18)20-2/h5-6,8-9H,3-4,7,10-11H2,1-2H3,(H2,16,17). The van der Waals surface area contributed by atoms with Crippen LogP contribution in [-0.4, -0.2) is 32.6 Å². The van der Waals surface area contributed by atoms with Crippen LogP contribution in [0, 0.1) is 0 Å². The number of carbonyl (C=O) groups excluding carboxylic acids is 1. The lowest BCUT2D eigenvalue weighted by molar-refractivity contribution is -0.140. The van der Waals surface area contributed by atoms with E-state index in [9.17, 15) is 4.79 Å². The number of para-hydroxylation sites is 1. The van der Waals surface area contributed by atoms with Crippen molar-refractivity contribution < 1.29 is 19.1 Å². The number of nitrogens with two attached hydrogens (primary N) is 1. The van der Waals surface area contributed by atoms with Gasteiger partial charge in [-0.2, -0.15) is 0 Å². The molecule has 0 saturated carbocycles. The number of ether oxygens (including phenoxy) is 2. The van der Waals surface area contributed by atoms with Crippen molar-refractivity contribution in [3.05, 3.63) is 29.8 Å². The van der Waals surface area contributed by atoms with Crippen LogP contribution in [0.1, 0.15) is 31.2 Å². The second kappa shape index (κ2) is 9.63. The van der Waals surface area contributed by atoms with Crippen molar-refractivity contribution in [2.45, 2.75) is 25.7 Å². The van der Waals surface area contributed by atoms with Crippen molar-refractivity contribution >= 4 is 11.8 Å². The van der Waals surface area contributed by atoms with E-state index in [2.05, 4.69) is 9.89 Å². The molecule has 0 radical (unpaired) electrons. The first-order valence-electron chi connectivity index (χ1n) is 6.84. The summed E-state index contributed by atoms with van der Waals surface area (Å²) in [6.45, 7) is 0.455. The molecule has 2 N–H and O–H groups in total. The lowest BCUT2D eigenvalue weighted by atomic mass is 10.2. The van der Waals surface area contributed by atoms with Crippen LogP contribution in [0.15, 0.2) is 29.4 Å². The number of benzene rings is 1. The molecule has 0 heterocycles. The molecule has 0 atom stereocenters. The maximum absolute atomic E-state index is 10.9. The summed E-state index contributed by atoms with van der Waals surface area (Å²) < 4.78 is 9.76. The van der Waals surface area contributed by atoms with Gasteiger partial charge in [0.15, 0.2) is 5.84 Å². The molecule has 1 aromatic rings. The molecule has 0 bridgehead atoms. The highest BCUT2D eigenvalue weighted by atomic mass is 16.6. The molecule has 1 aromatic carbocycles. The van der Waals surface area contributed by atoms with E-state index in [1.807, 2.05) is 24.3 Å². The molecule has 0 aromatic heterocycles. The topological polar surface area (TPSA) is 83.1 Å². The lowest BCUT2D eigenvalue weighted by Crippen LogP contribution is -2.15. The Hall–Kier alpha value is -2.24. The molecule has 6 heteroatoms. The molecule has 0 aliphatic heterocycles. The van der Waals surface area contributed by atoms with Gasteiger partial charge in [-0.15, -0.1) is 0 Å². The number of rotatable bonds is 9. The Bertz CT molecular complexity index is 474. The number of hydrogen-bond acceptors (Lipinski definition) is 5. The van der Waals surface area contributed by atoms with Crippen LogP contribution in [0.2, 0.25) is 0 Å². The third kappa shape index (κ3) is 6.16. The van der Waals surface area contributed by atoms with E-state index in [0.717, 1.165) is 19.3 Å². The van der Waals surface area contributed by atoms with Crippen LogP contribution < -0.4 is 10.5 Å². The minimum atomic E-state index is -0.186. The molecule has 21 heavy (non-hydrogen) atoms. The normalized spacial score (nSPS) is 11.0. The van der Waals surface area contributed by atoms with Gasteiger partial charge in [0.05, 0.1) is 19.8 Å². The van der Waals surface area contributed by atoms with E-state index in [0.29, 0.717) is 24.3 Å². The summed E-state index contributed by atoms with van der Waals surface area (Å²) in [5, 5.41) is 3.87. The van der Waals surface area contributed by atoms with Crippen LogP contribution in [0.25, 0.3) is 0 Å². The Balaban J connectivity index is 2.28. The van der Waals surface area contributed by atoms with Crippen LogP contribution in [0.4, 0.5) is 0 Å². The number of esters is 1. The van der Waals surface area contributed by atoms with E-state index in [1.54, 1.807) is 7.11 Å². The second-order valence-corrected chi connectivity index (χ2v) is 4.40. The summed E-state index contributed by atoms with van der Waals surface area (Å²) in [6, 6.07) is 7.34. The van der Waals surface area contributed by atoms with Crippen molar-refractivity contribution in [1.29, 1.82) is 0 Å². The molecule has 0 saturated heterocycles. The second-order valence-electron chi connectivity index (χ2n) is 4.40. The molecular formula is C15H22N2O4. The fourth-order valence-electron chi connectivity index (χ4n) is 1.74. The molecule has 0 fully saturated rings. The van der Waals surface area contributed by atoms with Gasteiger partial charge < -0.3 is 20.0 Å². The number of amidine groups is 1. The molecular weight excluding hydrogens is 272 g/mol. The molecule has 0 spiro atoms. The van der Waals surface area contributed by atoms with Gasteiger partial charge in [-0.3, -0.25) is 4.79 Å². The highest BCUT2D eigenvalue weighted by Crippen LogP contribution is 2.16. The van der Waals surface area contributed by atoms with Crippen molar-refractivity contribution in [3.63, 3.8) is 0 Å². The summed E-state index contributed by atoms with van der Waals surface area (Å²) in [7, 11) is 2.97. The van der Waals surface area contributed by atoms with E-state index in [4.69, 9.17) is 15.3 Å². The minimum Gasteiger partial charge on any atom is -0.496 e. The predicted molar refractivity (Wildman–Crippen MR) is 80.2 cm³/mol. The Morgan fingerprint density at radius 1 is 1.19 bits per heavy atom. The third-order valence-corrected chi connectivity index (χ3v) is 2.89. The first-order valence-corrected chi connectivity index (χ1v) is 6.84. The largest absolute Gasteiger partial charge is 0.496 e. The fraction of sp³-hybridized carbons (Fsp3) is 0.467. The Morgan fingerprint density at radius 2 is 1.95 bits per heavy atom. The van der Waals surface area contributed by atoms with E-state index >= 15 is 0 Å². The monoisotopic (exact) mass is 294 g/mol. The summed E-state index contributed by atoms with van der Waals surface area (Å²) in [5.41, 5.74) is 6.55. The Kier molecular flexibility index (Phi) is 7.71. The van der Waals surface area contributed by atoms with Gasteiger partial charge in [0.25, 0.3) is 0 Å². The highest BCUT2D eigenvalue weighted by molar-refractivity contribution is 5.99. The van der Waals surface area contributed by atoms with Crippen molar-refractivity contribution in [1.82, 2.24) is 0 Å². The maximum atomic E-state index is 10.9. The van der Waals surface area contributed by atoms with Gasteiger partial charge in [0, 0.05) is 6.42 Å². The number of oxime groups is 1. The molecule has 0 aliphatic rings. The van der Waals surface area contributed by atoms with Gasteiger partial charge in [-0.25, -0.2) is 0 Å². The Labute approximate surface area is 124 Å². The van der Waals surface area contributed by atoms with Crippen LogP contribution >= 0.6 is 0 Å². The number of nitrogens with zero attached hydrogens (tertiary/aromatic N) is 1. The smallest absolute Gasteiger partial charge is 0.305 e. The number of unbranched alkanes of at least 4 members (excludes halogenated alkanes) is 2. The first-order chi connectivity index (χ1) is 10.2. The molecule has 1 rings (SSSR count). The predicted octanol–water partition coefficient (Wildman–Crippen LogP) is 2.07. The Morgan fingerprint density at radius 3 is 2.67 bits per heavy atom. The molecule has 0 unspecified atom stereocenters. The zero-order valence-electron chi connectivity index (χ0n) is 12.5. The van der Waals surface area contributed by atoms with Gasteiger partial charge in [0.1, 0.15) is 12.4 Å². The summed E-state index contributed by atoms with van der Waals surface area (Å²) in [5.74, 6) is 0.747. The van der Waals surface area contributed by atoms with Gasteiger partial charge in [0.2, 0.25) is 0 Å². The van der Waals surface area contributed by atoms with Crippen LogP contribution in [0.3, 0.4) is 0 Å². The van der Waals surface area contributed by atoms with E-state index in [1.165, 1.54) is 7.11 Å². The third-order valence-electron chi connectivity index (χ3n) is 2.89. The lowest BCUT2D eigenvalue weighted by Gasteiger charge is -2.07. The van der Waals surface area contributed by atoms with Crippen molar-refractivity contribution in [2.75, 3.05) is 20.8 Å². The average molecular weight is 294 g/mol. The summed E-state index contributed by atoms with van der Waals surface area (Å²) in [6.07, 6.45) is 2.89. The number of carbonyl (C=O) groups is 1. The minimum absolute atomic E-state index is 0.186. The van der Waals surface area contributed by atoms with Crippen molar-refractivity contribution in [2.24, 2.45) is 10.9 Å². The van der Waals surface area contributed by atoms with Gasteiger partial charge in [-0.1, -0.05) is 17.3 Å². The zero-order chi connectivity index (χ0) is 15.5.